The third-order valence-electron chi connectivity index (χ3n) is 2.29. The van der Waals surface area contributed by atoms with Gasteiger partial charge in [0.1, 0.15) is 12.4 Å². The van der Waals surface area contributed by atoms with Gasteiger partial charge in [-0.15, -0.1) is 0 Å². The second kappa shape index (κ2) is 10.3. The molecule has 0 bridgehead atoms. The SMILES string of the molecule is C#[N+]c1ccc(OCCOCCOCCOC)cc1. The van der Waals surface area contributed by atoms with Crippen LogP contribution in [-0.4, -0.2) is 46.8 Å². The summed E-state index contributed by atoms with van der Waals surface area (Å²) in [4.78, 5) is 3.56. The molecule has 1 rings (SSSR count). The van der Waals surface area contributed by atoms with E-state index in [2.05, 4.69) is 4.85 Å². The smallest absolute Gasteiger partial charge is 0.340 e. The summed E-state index contributed by atoms with van der Waals surface area (Å²) >= 11 is 0. The molecule has 0 aromatic heterocycles. The number of methoxy groups -OCH3 is 1. The van der Waals surface area contributed by atoms with E-state index < -0.39 is 0 Å². The maximum atomic E-state index is 5.48. The third-order valence-corrected chi connectivity index (χ3v) is 2.29. The van der Waals surface area contributed by atoms with Crippen molar-refractivity contribution in [2.24, 2.45) is 0 Å². The number of hydrogen-bond donors (Lipinski definition) is 0. The van der Waals surface area contributed by atoms with E-state index in [1.54, 1.807) is 19.2 Å². The number of hydrogen-bond acceptors (Lipinski definition) is 4. The minimum atomic E-state index is 0.497. The minimum absolute atomic E-state index is 0.497. The number of rotatable bonds is 10. The third kappa shape index (κ3) is 7.42. The first kappa shape index (κ1) is 15.4. The first-order valence-corrected chi connectivity index (χ1v) is 6.15. The monoisotopic (exact) mass is 266 g/mol. The molecular weight excluding hydrogens is 246 g/mol. The number of benzene rings is 1. The normalized spacial score (nSPS) is 10.1. The van der Waals surface area contributed by atoms with Crippen molar-refractivity contribution in [3.8, 4) is 12.3 Å². The second-order valence-corrected chi connectivity index (χ2v) is 3.69. The Morgan fingerprint density at radius 3 is 2.05 bits per heavy atom. The van der Waals surface area contributed by atoms with Crippen LogP contribution in [0.3, 0.4) is 0 Å². The Morgan fingerprint density at radius 2 is 1.47 bits per heavy atom. The Hall–Kier alpha value is -1.61. The lowest BCUT2D eigenvalue weighted by molar-refractivity contribution is 0.0180. The Bertz CT molecular complexity index is 372. The molecule has 0 aliphatic rings. The summed E-state index contributed by atoms with van der Waals surface area (Å²) in [7, 11) is 1.64. The predicted octanol–water partition coefficient (Wildman–Crippen LogP) is 2.34. The van der Waals surface area contributed by atoms with E-state index in [0.29, 0.717) is 39.6 Å². The van der Waals surface area contributed by atoms with Gasteiger partial charge >= 0.3 is 5.69 Å². The van der Waals surface area contributed by atoms with Crippen LogP contribution in [0.4, 0.5) is 5.69 Å². The molecule has 0 spiro atoms. The number of ether oxygens (including phenoxy) is 4. The fraction of sp³-hybridized carbons (Fsp3) is 0.500. The lowest BCUT2D eigenvalue weighted by Gasteiger charge is -2.07. The fourth-order valence-corrected chi connectivity index (χ4v) is 1.31. The van der Waals surface area contributed by atoms with E-state index >= 15 is 0 Å². The van der Waals surface area contributed by atoms with Crippen molar-refractivity contribution < 1.29 is 18.9 Å². The molecule has 0 radical (unpaired) electrons. The molecule has 0 fully saturated rings. The lowest BCUT2D eigenvalue weighted by atomic mass is 10.3. The zero-order valence-corrected chi connectivity index (χ0v) is 11.2. The highest BCUT2D eigenvalue weighted by molar-refractivity contribution is 5.47. The molecule has 0 unspecified atom stereocenters. The van der Waals surface area contributed by atoms with Gasteiger partial charge in [-0.05, 0) is 17.0 Å². The van der Waals surface area contributed by atoms with Crippen LogP contribution in [0.25, 0.3) is 4.85 Å². The minimum Gasteiger partial charge on any atom is -0.491 e. The zero-order valence-electron chi connectivity index (χ0n) is 11.2. The lowest BCUT2D eigenvalue weighted by Crippen LogP contribution is -2.12. The second-order valence-electron chi connectivity index (χ2n) is 3.69. The molecule has 1 aromatic carbocycles. The highest BCUT2D eigenvalue weighted by Gasteiger charge is 2.00. The van der Waals surface area contributed by atoms with Crippen LogP contribution in [-0.2, 0) is 14.2 Å². The largest absolute Gasteiger partial charge is 0.491 e. The van der Waals surface area contributed by atoms with Crippen molar-refractivity contribution in [3.63, 3.8) is 0 Å². The Kier molecular flexibility index (Phi) is 8.39. The summed E-state index contributed by atoms with van der Waals surface area (Å²) in [5.74, 6) is 0.771. The summed E-state index contributed by atoms with van der Waals surface area (Å²) < 4.78 is 20.9. The van der Waals surface area contributed by atoms with Gasteiger partial charge in [0.2, 0.25) is 0 Å². The van der Waals surface area contributed by atoms with E-state index in [1.165, 1.54) is 0 Å². The van der Waals surface area contributed by atoms with Crippen molar-refractivity contribution in [2.45, 2.75) is 0 Å². The van der Waals surface area contributed by atoms with E-state index in [-0.39, 0.29) is 0 Å². The van der Waals surface area contributed by atoms with Gasteiger partial charge in [-0.25, -0.2) is 0 Å². The van der Waals surface area contributed by atoms with Gasteiger partial charge in [0.25, 0.3) is 6.57 Å². The highest BCUT2D eigenvalue weighted by atomic mass is 16.6. The van der Waals surface area contributed by atoms with Crippen molar-refractivity contribution in [2.75, 3.05) is 46.8 Å². The molecule has 0 saturated heterocycles. The first-order chi connectivity index (χ1) is 9.36. The van der Waals surface area contributed by atoms with E-state index in [4.69, 9.17) is 25.5 Å². The molecule has 0 atom stereocenters. The van der Waals surface area contributed by atoms with Gasteiger partial charge in [-0.2, -0.15) is 0 Å². The zero-order chi connectivity index (χ0) is 13.8. The van der Waals surface area contributed by atoms with Crippen LogP contribution in [0.1, 0.15) is 0 Å². The van der Waals surface area contributed by atoms with Crippen LogP contribution >= 0.6 is 0 Å². The van der Waals surface area contributed by atoms with E-state index in [9.17, 15) is 0 Å². The van der Waals surface area contributed by atoms with Gasteiger partial charge in [0.05, 0.1) is 33.0 Å². The molecule has 1 aromatic rings. The van der Waals surface area contributed by atoms with Crippen LogP contribution in [0.5, 0.6) is 5.75 Å². The molecule has 0 aliphatic heterocycles. The fourth-order valence-electron chi connectivity index (χ4n) is 1.31. The molecular formula is C14H20NO4+. The van der Waals surface area contributed by atoms with Crippen LogP contribution in [0, 0.1) is 6.57 Å². The summed E-state index contributed by atoms with van der Waals surface area (Å²) in [5, 5.41) is 0. The average molecular weight is 266 g/mol. The van der Waals surface area contributed by atoms with Crippen LogP contribution in [0.2, 0.25) is 0 Å². The standard InChI is InChI=1S/C14H20NO4/c1-15-13-3-5-14(6-4-13)19-12-11-18-10-9-17-8-7-16-2/h1,3-6H,7-12H2,2H3/q+1. The molecule has 0 N–H and O–H groups in total. The molecule has 5 heteroatoms. The summed E-state index contributed by atoms with van der Waals surface area (Å²) in [6.45, 7) is 8.48. The topological polar surface area (TPSA) is 41.3 Å². The molecule has 0 saturated carbocycles. The van der Waals surface area contributed by atoms with Gasteiger partial charge in [-0.3, -0.25) is 0 Å². The summed E-state index contributed by atoms with van der Waals surface area (Å²) in [6, 6.07) is 7.22. The van der Waals surface area contributed by atoms with Gasteiger partial charge in [0, 0.05) is 19.2 Å². The van der Waals surface area contributed by atoms with Crippen molar-refractivity contribution in [1.29, 1.82) is 0 Å². The quantitative estimate of drug-likeness (QED) is 0.610. The first-order valence-electron chi connectivity index (χ1n) is 6.15. The van der Waals surface area contributed by atoms with Crippen molar-refractivity contribution >= 4 is 5.69 Å². The molecule has 0 heterocycles. The Balaban J connectivity index is 1.97. The molecule has 5 nitrogen and oxygen atoms in total. The van der Waals surface area contributed by atoms with Crippen LogP contribution in [0.15, 0.2) is 24.3 Å². The average Bonchev–Trinajstić information content (AvgIpc) is 2.46. The van der Waals surface area contributed by atoms with Crippen molar-refractivity contribution in [1.82, 2.24) is 0 Å². The predicted molar refractivity (Wildman–Crippen MR) is 73.4 cm³/mol. The van der Waals surface area contributed by atoms with Crippen LogP contribution < -0.4 is 4.74 Å². The molecule has 0 amide bonds. The number of nitrogens with zero attached hydrogens (tertiary/aromatic N) is 1. The van der Waals surface area contributed by atoms with Gasteiger partial charge < -0.3 is 18.9 Å². The molecule has 0 aliphatic carbocycles. The van der Waals surface area contributed by atoms with E-state index in [0.717, 1.165) is 11.4 Å². The van der Waals surface area contributed by atoms with Crippen molar-refractivity contribution in [3.05, 3.63) is 29.1 Å². The van der Waals surface area contributed by atoms with Gasteiger partial charge in [0.15, 0.2) is 0 Å². The summed E-state index contributed by atoms with van der Waals surface area (Å²) in [6.07, 6.45) is 0. The van der Waals surface area contributed by atoms with E-state index in [1.807, 2.05) is 12.1 Å². The summed E-state index contributed by atoms with van der Waals surface area (Å²) in [5.41, 5.74) is 0.719. The Morgan fingerprint density at radius 1 is 0.895 bits per heavy atom. The van der Waals surface area contributed by atoms with Gasteiger partial charge in [-0.1, -0.05) is 0 Å². The Labute approximate surface area is 113 Å². The molecule has 104 valence electrons. The maximum Gasteiger partial charge on any atom is 0.340 e. The maximum absolute atomic E-state index is 5.48. The molecule has 19 heavy (non-hydrogen) atoms. The highest BCUT2D eigenvalue weighted by Crippen LogP contribution is 2.17.